The van der Waals surface area contributed by atoms with Crippen molar-refractivity contribution in [1.82, 2.24) is 4.98 Å². The Kier molecular flexibility index (Phi) is 5.58. The number of halogens is 3. The Bertz CT molecular complexity index is 917. The number of oxazole rings is 1. The molecule has 3 aromatic rings. The van der Waals surface area contributed by atoms with Crippen LogP contribution in [0.5, 0.6) is 5.75 Å². The Morgan fingerprint density at radius 1 is 1.00 bits per heavy atom. The minimum Gasteiger partial charge on any atom is -0.491 e. The van der Waals surface area contributed by atoms with Crippen LogP contribution in [0.1, 0.15) is 26.7 Å². The topological polar surface area (TPSA) is 38.5 Å². The number of fused-ring (bicyclic) bond motifs is 1. The number of ether oxygens (including phenoxy) is 1. The molecule has 0 aliphatic carbocycles. The number of rotatable bonds is 7. The van der Waals surface area contributed by atoms with E-state index in [1.54, 1.807) is 29.2 Å². The zero-order chi connectivity index (χ0) is 19.6. The number of anilines is 1. The largest absolute Gasteiger partial charge is 0.491 e. The first-order valence-corrected chi connectivity index (χ1v) is 8.88. The third-order valence-electron chi connectivity index (χ3n) is 4.27. The molecular weight excluding hydrogens is 357 g/mol. The van der Waals surface area contributed by atoms with E-state index in [1.165, 1.54) is 0 Å². The molecule has 0 radical (unpaired) electrons. The molecule has 4 nitrogen and oxygen atoms in total. The van der Waals surface area contributed by atoms with Crippen LogP contribution in [-0.2, 0) is 0 Å². The van der Waals surface area contributed by atoms with Crippen LogP contribution in [0.2, 0.25) is 0 Å². The van der Waals surface area contributed by atoms with Gasteiger partial charge in [-0.25, -0.2) is 13.8 Å². The molecule has 27 heavy (non-hydrogen) atoms. The fourth-order valence-corrected chi connectivity index (χ4v) is 3.15. The van der Waals surface area contributed by atoms with Gasteiger partial charge in [-0.3, -0.25) is 0 Å². The molecule has 0 saturated carbocycles. The van der Waals surface area contributed by atoms with Crippen molar-refractivity contribution in [3.05, 3.63) is 41.7 Å². The van der Waals surface area contributed by atoms with E-state index in [4.69, 9.17) is 9.15 Å². The van der Waals surface area contributed by atoms with E-state index >= 15 is 4.39 Å². The molecule has 1 aromatic heterocycles. The Morgan fingerprint density at radius 2 is 1.67 bits per heavy atom. The summed E-state index contributed by atoms with van der Waals surface area (Å²) < 4.78 is 55.0. The molecule has 0 atom stereocenters. The van der Waals surface area contributed by atoms with E-state index in [-0.39, 0.29) is 17.1 Å². The van der Waals surface area contributed by atoms with Gasteiger partial charge in [0.1, 0.15) is 11.1 Å². The Labute approximate surface area is 155 Å². The minimum absolute atomic E-state index is 0.0963. The Balaban J connectivity index is 2.33. The van der Waals surface area contributed by atoms with E-state index in [0.717, 1.165) is 7.11 Å². The number of hydrogen-bond donors (Lipinski definition) is 0. The average Bonchev–Trinajstić information content (AvgIpc) is 3.08. The highest BCUT2D eigenvalue weighted by Gasteiger charge is 2.32. The molecule has 0 N–H and O–H groups in total. The first-order chi connectivity index (χ1) is 13.0. The predicted octanol–water partition coefficient (Wildman–Crippen LogP) is 5.55. The average molecular weight is 378 g/mol. The van der Waals surface area contributed by atoms with Crippen LogP contribution in [0, 0.1) is 17.5 Å². The number of aromatic nitrogens is 1. The SMILES string of the molecule is CCCN(CCC)c1c(F)c(OC)c(F)c(F)c1-c1nc2ccccc2o1. The van der Waals surface area contributed by atoms with Crippen molar-refractivity contribution in [1.29, 1.82) is 0 Å². The van der Waals surface area contributed by atoms with Gasteiger partial charge in [0.2, 0.25) is 11.7 Å². The number of para-hydroxylation sites is 2. The molecule has 0 fully saturated rings. The van der Waals surface area contributed by atoms with Gasteiger partial charge in [0.15, 0.2) is 23.0 Å². The Morgan fingerprint density at radius 3 is 2.26 bits per heavy atom. The predicted molar refractivity (Wildman–Crippen MR) is 98.7 cm³/mol. The van der Waals surface area contributed by atoms with Crippen LogP contribution in [0.15, 0.2) is 28.7 Å². The summed E-state index contributed by atoms with van der Waals surface area (Å²) in [7, 11) is 1.10. The van der Waals surface area contributed by atoms with E-state index in [2.05, 4.69) is 4.98 Å². The van der Waals surface area contributed by atoms with Crippen LogP contribution < -0.4 is 9.64 Å². The van der Waals surface area contributed by atoms with Gasteiger partial charge in [-0.15, -0.1) is 0 Å². The van der Waals surface area contributed by atoms with Gasteiger partial charge in [0, 0.05) is 13.1 Å². The lowest BCUT2D eigenvalue weighted by Crippen LogP contribution is -2.27. The molecule has 0 unspecified atom stereocenters. The molecule has 0 bridgehead atoms. The van der Waals surface area contributed by atoms with Crippen LogP contribution >= 0.6 is 0 Å². The highest BCUT2D eigenvalue weighted by atomic mass is 19.2. The summed E-state index contributed by atoms with van der Waals surface area (Å²) in [6, 6.07) is 6.84. The zero-order valence-electron chi connectivity index (χ0n) is 15.5. The summed E-state index contributed by atoms with van der Waals surface area (Å²) in [4.78, 5) is 5.91. The van der Waals surface area contributed by atoms with Gasteiger partial charge in [-0.2, -0.15) is 4.39 Å². The number of benzene rings is 2. The fraction of sp³-hybridized carbons (Fsp3) is 0.350. The number of nitrogens with zero attached hydrogens (tertiary/aromatic N) is 2. The lowest BCUT2D eigenvalue weighted by Gasteiger charge is -2.27. The van der Waals surface area contributed by atoms with Crippen molar-refractivity contribution in [2.75, 3.05) is 25.1 Å². The Hall–Kier alpha value is -2.70. The van der Waals surface area contributed by atoms with Crippen LogP contribution in [-0.4, -0.2) is 25.2 Å². The van der Waals surface area contributed by atoms with Crippen molar-refractivity contribution in [3.63, 3.8) is 0 Å². The first-order valence-electron chi connectivity index (χ1n) is 8.88. The summed E-state index contributed by atoms with van der Waals surface area (Å²) in [6.07, 6.45) is 1.40. The van der Waals surface area contributed by atoms with Crippen molar-refractivity contribution in [3.8, 4) is 17.2 Å². The van der Waals surface area contributed by atoms with Crippen molar-refractivity contribution in [2.45, 2.75) is 26.7 Å². The molecule has 7 heteroatoms. The van der Waals surface area contributed by atoms with E-state index in [0.29, 0.717) is 37.0 Å². The molecule has 0 spiro atoms. The van der Waals surface area contributed by atoms with Crippen molar-refractivity contribution < 1.29 is 22.3 Å². The quantitative estimate of drug-likeness (QED) is 0.506. The summed E-state index contributed by atoms with van der Waals surface area (Å²) in [6.45, 7) is 4.78. The minimum atomic E-state index is -1.40. The van der Waals surface area contributed by atoms with E-state index < -0.39 is 23.2 Å². The van der Waals surface area contributed by atoms with Gasteiger partial charge in [0.25, 0.3) is 0 Å². The third kappa shape index (κ3) is 3.34. The van der Waals surface area contributed by atoms with E-state index in [9.17, 15) is 8.78 Å². The highest BCUT2D eigenvalue weighted by molar-refractivity contribution is 5.82. The van der Waals surface area contributed by atoms with Crippen molar-refractivity contribution >= 4 is 16.8 Å². The standard InChI is InChI=1S/C20H21F3N2O2/c1-4-10-25(11-5-2)18-14(15(21)16(22)19(26-3)17(18)23)20-24-12-8-6-7-9-13(12)27-20/h6-9H,4-5,10-11H2,1-3H3. The molecule has 2 aromatic carbocycles. The maximum absolute atomic E-state index is 15.2. The molecule has 0 saturated heterocycles. The second-order valence-corrected chi connectivity index (χ2v) is 6.17. The normalized spacial score (nSPS) is 11.2. The van der Waals surface area contributed by atoms with Crippen molar-refractivity contribution in [2.24, 2.45) is 0 Å². The molecule has 0 aliphatic rings. The molecule has 1 heterocycles. The van der Waals surface area contributed by atoms with Gasteiger partial charge < -0.3 is 14.1 Å². The maximum Gasteiger partial charge on any atom is 0.232 e. The lowest BCUT2D eigenvalue weighted by atomic mass is 10.1. The lowest BCUT2D eigenvalue weighted by molar-refractivity contribution is 0.347. The summed E-state index contributed by atoms with van der Waals surface area (Å²) in [5.74, 6) is -4.52. The second-order valence-electron chi connectivity index (χ2n) is 6.17. The van der Waals surface area contributed by atoms with Crippen LogP contribution in [0.25, 0.3) is 22.6 Å². The molecule has 3 rings (SSSR count). The van der Waals surface area contributed by atoms with Crippen LogP contribution in [0.4, 0.5) is 18.9 Å². The third-order valence-corrected chi connectivity index (χ3v) is 4.27. The summed E-state index contributed by atoms with van der Waals surface area (Å²) in [5.41, 5.74) is 0.462. The monoisotopic (exact) mass is 378 g/mol. The van der Waals surface area contributed by atoms with Crippen LogP contribution in [0.3, 0.4) is 0 Å². The van der Waals surface area contributed by atoms with E-state index in [1.807, 2.05) is 13.8 Å². The zero-order valence-corrected chi connectivity index (χ0v) is 15.5. The molecule has 0 amide bonds. The van der Waals surface area contributed by atoms with Gasteiger partial charge in [-0.05, 0) is 25.0 Å². The second kappa shape index (κ2) is 7.90. The molecule has 0 aliphatic heterocycles. The number of hydrogen-bond acceptors (Lipinski definition) is 4. The maximum atomic E-state index is 15.2. The summed E-state index contributed by atoms with van der Waals surface area (Å²) >= 11 is 0. The summed E-state index contributed by atoms with van der Waals surface area (Å²) in [5, 5.41) is 0. The van der Waals surface area contributed by atoms with Gasteiger partial charge in [0.05, 0.1) is 12.8 Å². The fourth-order valence-electron chi connectivity index (χ4n) is 3.15. The van der Waals surface area contributed by atoms with Gasteiger partial charge in [-0.1, -0.05) is 26.0 Å². The molecule has 144 valence electrons. The smallest absolute Gasteiger partial charge is 0.232 e. The number of methoxy groups -OCH3 is 1. The first kappa shape index (κ1) is 19.1. The van der Waals surface area contributed by atoms with Gasteiger partial charge >= 0.3 is 0 Å². The molecular formula is C20H21F3N2O2. The highest BCUT2D eigenvalue weighted by Crippen LogP contribution is 2.42.